The Kier molecular flexibility index (Phi) is 5.21. The van der Waals surface area contributed by atoms with Gasteiger partial charge < -0.3 is 10.2 Å². The predicted molar refractivity (Wildman–Crippen MR) is 61.3 cm³/mol. The first kappa shape index (κ1) is 14.7. The van der Waals surface area contributed by atoms with Gasteiger partial charge in [0.05, 0.1) is 11.0 Å². The molecular formula is C12H20O4. The molecule has 0 saturated carbocycles. The topological polar surface area (TPSA) is 74.6 Å². The van der Waals surface area contributed by atoms with E-state index in [2.05, 4.69) is 0 Å². The first-order valence-corrected chi connectivity index (χ1v) is 5.48. The quantitative estimate of drug-likeness (QED) is 0.685. The van der Waals surface area contributed by atoms with Crippen molar-refractivity contribution in [1.82, 2.24) is 0 Å². The first-order chi connectivity index (χ1) is 7.33. The normalized spacial score (nSPS) is 14.0. The van der Waals surface area contributed by atoms with Gasteiger partial charge in [-0.3, -0.25) is 4.79 Å². The lowest BCUT2D eigenvalue weighted by Gasteiger charge is -2.29. The van der Waals surface area contributed by atoms with Crippen molar-refractivity contribution in [3.05, 3.63) is 11.1 Å². The minimum atomic E-state index is -1.25. The Morgan fingerprint density at radius 3 is 1.81 bits per heavy atom. The zero-order valence-electron chi connectivity index (χ0n) is 10.3. The van der Waals surface area contributed by atoms with Crippen LogP contribution in [0.2, 0.25) is 0 Å². The molecule has 4 heteroatoms. The molecule has 0 aromatic carbocycles. The molecule has 4 nitrogen and oxygen atoms in total. The number of carboxylic acid groups (broad SMARTS) is 2. The summed E-state index contributed by atoms with van der Waals surface area (Å²) in [6.45, 7) is 6.87. The van der Waals surface area contributed by atoms with Gasteiger partial charge >= 0.3 is 11.9 Å². The van der Waals surface area contributed by atoms with Crippen LogP contribution in [-0.2, 0) is 9.59 Å². The van der Waals surface area contributed by atoms with Crippen LogP contribution in [0, 0.1) is 5.41 Å². The number of hydrogen-bond donors (Lipinski definition) is 2. The summed E-state index contributed by atoms with van der Waals surface area (Å²) in [6.07, 6.45) is 1.29. The summed E-state index contributed by atoms with van der Waals surface area (Å²) >= 11 is 0. The van der Waals surface area contributed by atoms with Gasteiger partial charge in [0.25, 0.3) is 0 Å². The molecule has 0 aliphatic heterocycles. The number of rotatable bonds is 6. The van der Waals surface area contributed by atoms with E-state index in [1.54, 1.807) is 20.8 Å². The van der Waals surface area contributed by atoms with Crippen molar-refractivity contribution < 1.29 is 19.8 Å². The van der Waals surface area contributed by atoms with Crippen molar-refractivity contribution >= 4 is 11.9 Å². The summed E-state index contributed by atoms with van der Waals surface area (Å²) in [4.78, 5) is 22.6. The van der Waals surface area contributed by atoms with Crippen molar-refractivity contribution in [2.75, 3.05) is 0 Å². The molecule has 0 aliphatic rings. The highest BCUT2D eigenvalue weighted by molar-refractivity contribution is 5.97. The number of hydrogen-bond acceptors (Lipinski definition) is 2. The fourth-order valence-electron chi connectivity index (χ4n) is 2.17. The van der Waals surface area contributed by atoms with Crippen LogP contribution in [-0.4, -0.2) is 22.2 Å². The number of carbonyl (C=O) groups is 2. The minimum absolute atomic E-state index is 0.0318. The van der Waals surface area contributed by atoms with Crippen LogP contribution >= 0.6 is 0 Å². The number of carboxylic acids is 2. The maximum Gasteiger partial charge on any atom is 0.332 e. The highest BCUT2D eigenvalue weighted by Crippen LogP contribution is 2.38. The Balaban J connectivity index is 5.73. The second kappa shape index (κ2) is 5.68. The molecular weight excluding hydrogens is 208 g/mol. The van der Waals surface area contributed by atoms with Crippen molar-refractivity contribution in [2.45, 2.75) is 47.0 Å². The van der Waals surface area contributed by atoms with E-state index in [1.807, 2.05) is 6.92 Å². The van der Waals surface area contributed by atoms with Crippen LogP contribution in [0.4, 0.5) is 0 Å². The third-order valence-electron chi connectivity index (χ3n) is 2.88. The molecule has 0 fully saturated rings. The van der Waals surface area contributed by atoms with Crippen LogP contribution in [0.5, 0.6) is 0 Å². The molecule has 0 bridgehead atoms. The molecule has 0 saturated heterocycles. The van der Waals surface area contributed by atoms with Crippen molar-refractivity contribution in [3.8, 4) is 0 Å². The highest BCUT2D eigenvalue weighted by atomic mass is 16.4. The average molecular weight is 228 g/mol. The van der Waals surface area contributed by atoms with Gasteiger partial charge in [0.1, 0.15) is 0 Å². The molecule has 0 aromatic heterocycles. The second-order valence-electron chi connectivity index (χ2n) is 4.17. The largest absolute Gasteiger partial charge is 0.481 e. The third kappa shape index (κ3) is 2.62. The van der Waals surface area contributed by atoms with Gasteiger partial charge in [0, 0.05) is 0 Å². The summed E-state index contributed by atoms with van der Waals surface area (Å²) in [5, 5.41) is 18.5. The van der Waals surface area contributed by atoms with Gasteiger partial charge in [-0.1, -0.05) is 25.8 Å². The Hall–Kier alpha value is -1.32. The molecule has 0 aliphatic carbocycles. The number of aliphatic carboxylic acids is 2. The third-order valence-corrected chi connectivity index (χ3v) is 2.88. The molecule has 0 amide bonds. The van der Waals surface area contributed by atoms with Crippen molar-refractivity contribution in [2.24, 2.45) is 5.41 Å². The number of allylic oxidation sites excluding steroid dienone is 1. The summed E-state index contributed by atoms with van der Waals surface area (Å²) in [6, 6.07) is 0. The fraction of sp³-hybridized carbons (Fsp3) is 0.667. The minimum Gasteiger partial charge on any atom is -0.481 e. The van der Waals surface area contributed by atoms with E-state index in [9.17, 15) is 14.7 Å². The first-order valence-electron chi connectivity index (χ1n) is 5.48. The molecule has 0 aromatic rings. The molecule has 0 rings (SSSR count). The van der Waals surface area contributed by atoms with Crippen molar-refractivity contribution in [3.63, 3.8) is 0 Å². The smallest absolute Gasteiger partial charge is 0.332 e. The molecule has 1 atom stereocenters. The molecule has 92 valence electrons. The molecule has 0 spiro atoms. The second-order valence-corrected chi connectivity index (χ2v) is 4.17. The SMILES string of the molecule is CCCC(CC)(C(=O)O)C(C(=O)O)=C(C)C. The fourth-order valence-corrected chi connectivity index (χ4v) is 2.17. The summed E-state index contributed by atoms with van der Waals surface area (Å²) in [5.41, 5.74) is -0.658. The molecule has 0 heterocycles. The lowest BCUT2D eigenvalue weighted by Crippen LogP contribution is -2.36. The summed E-state index contributed by atoms with van der Waals surface area (Å²) in [5.74, 6) is -2.17. The Morgan fingerprint density at radius 1 is 1.12 bits per heavy atom. The van der Waals surface area contributed by atoms with Crippen LogP contribution in [0.25, 0.3) is 0 Å². The van der Waals surface area contributed by atoms with Crippen LogP contribution in [0.3, 0.4) is 0 Å². The van der Waals surface area contributed by atoms with Crippen molar-refractivity contribution in [1.29, 1.82) is 0 Å². The van der Waals surface area contributed by atoms with Gasteiger partial charge in [0.2, 0.25) is 0 Å². The van der Waals surface area contributed by atoms with E-state index in [1.165, 1.54) is 0 Å². The van der Waals surface area contributed by atoms with E-state index in [0.29, 0.717) is 24.8 Å². The van der Waals surface area contributed by atoms with Crippen LogP contribution in [0.1, 0.15) is 47.0 Å². The zero-order chi connectivity index (χ0) is 12.9. The van der Waals surface area contributed by atoms with Gasteiger partial charge in [0.15, 0.2) is 0 Å². The monoisotopic (exact) mass is 228 g/mol. The average Bonchev–Trinajstić information content (AvgIpc) is 2.15. The van der Waals surface area contributed by atoms with E-state index >= 15 is 0 Å². The lowest BCUT2D eigenvalue weighted by atomic mass is 9.72. The predicted octanol–water partition coefficient (Wildman–Crippen LogP) is 2.69. The van der Waals surface area contributed by atoms with E-state index in [-0.39, 0.29) is 5.57 Å². The van der Waals surface area contributed by atoms with E-state index in [4.69, 9.17) is 5.11 Å². The van der Waals surface area contributed by atoms with Crippen LogP contribution in [0.15, 0.2) is 11.1 Å². The van der Waals surface area contributed by atoms with E-state index < -0.39 is 17.4 Å². The maximum absolute atomic E-state index is 11.4. The lowest BCUT2D eigenvalue weighted by molar-refractivity contribution is -0.150. The van der Waals surface area contributed by atoms with Gasteiger partial charge in [-0.25, -0.2) is 4.79 Å². The van der Waals surface area contributed by atoms with Gasteiger partial charge in [-0.15, -0.1) is 0 Å². The molecule has 2 N–H and O–H groups in total. The Labute approximate surface area is 96.0 Å². The van der Waals surface area contributed by atoms with Crippen LogP contribution < -0.4 is 0 Å². The summed E-state index contributed by atoms with van der Waals surface area (Å²) in [7, 11) is 0. The molecule has 0 radical (unpaired) electrons. The standard InChI is InChI=1S/C12H20O4/c1-5-7-12(6-2,11(15)16)9(8(3)4)10(13)14/h5-7H2,1-4H3,(H,13,14)(H,15,16). The Bertz CT molecular complexity index is 313. The maximum atomic E-state index is 11.4. The van der Waals surface area contributed by atoms with Gasteiger partial charge in [-0.05, 0) is 26.7 Å². The van der Waals surface area contributed by atoms with E-state index in [0.717, 1.165) is 0 Å². The molecule has 16 heavy (non-hydrogen) atoms. The summed E-state index contributed by atoms with van der Waals surface area (Å²) < 4.78 is 0. The Morgan fingerprint density at radius 2 is 1.62 bits per heavy atom. The molecule has 1 unspecified atom stereocenters. The zero-order valence-corrected chi connectivity index (χ0v) is 10.3. The van der Waals surface area contributed by atoms with Gasteiger partial charge in [-0.2, -0.15) is 0 Å². The highest BCUT2D eigenvalue weighted by Gasteiger charge is 2.43.